The largest absolute Gasteiger partial charge is 0.475 e. The van der Waals surface area contributed by atoms with Crippen LogP contribution >= 0.6 is 11.3 Å². The Bertz CT molecular complexity index is 658. The Morgan fingerprint density at radius 3 is 2.58 bits per heavy atom. The Balaban J connectivity index is 2.23. The molecule has 0 aliphatic heterocycles. The molecule has 2 rings (SSSR count). The van der Waals surface area contributed by atoms with Gasteiger partial charge in [0.25, 0.3) is 5.78 Å². The highest BCUT2D eigenvalue weighted by Crippen LogP contribution is 2.30. The van der Waals surface area contributed by atoms with E-state index in [1.54, 1.807) is 30.3 Å². The van der Waals surface area contributed by atoms with E-state index in [0.29, 0.717) is 10.4 Å². The molecule has 0 fully saturated rings. The molecular weight excluding hydrogens is 267 g/mol. The molecule has 0 saturated carbocycles. The molecule has 0 bridgehead atoms. The average molecular weight is 276 g/mol. The van der Waals surface area contributed by atoms with Crippen molar-refractivity contribution in [2.75, 3.05) is 0 Å². The second-order valence-corrected chi connectivity index (χ2v) is 4.80. The van der Waals surface area contributed by atoms with Crippen molar-refractivity contribution in [3.8, 4) is 10.4 Å². The van der Waals surface area contributed by atoms with E-state index in [2.05, 4.69) is 0 Å². The standard InChI is InChI=1S/C14H9FO3S/c15-11-4-2-1-3-10(11)13-8-6-9(19-13)5-7-12(16)14(17)18/h1-8H,(H,17,18)/b7-5+. The van der Waals surface area contributed by atoms with Gasteiger partial charge in [-0.15, -0.1) is 11.3 Å². The van der Waals surface area contributed by atoms with Gasteiger partial charge in [0.15, 0.2) is 0 Å². The van der Waals surface area contributed by atoms with Crippen molar-refractivity contribution in [1.82, 2.24) is 0 Å². The van der Waals surface area contributed by atoms with Gasteiger partial charge in [0.05, 0.1) is 0 Å². The van der Waals surface area contributed by atoms with Gasteiger partial charge in [0.1, 0.15) is 5.82 Å². The number of hydrogen-bond acceptors (Lipinski definition) is 3. The normalized spacial score (nSPS) is 10.8. The summed E-state index contributed by atoms with van der Waals surface area (Å²) in [7, 11) is 0. The lowest BCUT2D eigenvalue weighted by Gasteiger charge is -1.97. The number of rotatable bonds is 4. The van der Waals surface area contributed by atoms with E-state index < -0.39 is 11.8 Å². The molecule has 1 heterocycles. The van der Waals surface area contributed by atoms with Crippen molar-refractivity contribution in [3.05, 3.63) is 53.2 Å². The zero-order valence-electron chi connectivity index (χ0n) is 9.67. The van der Waals surface area contributed by atoms with E-state index in [9.17, 15) is 14.0 Å². The summed E-state index contributed by atoms with van der Waals surface area (Å²) in [4.78, 5) is 22.7. The summed E-state index contributed by atoms with van der Waals surface area (Å²) in [6.07, 6.45) is 2.39. The van der Waals surface area contributed by atoms with Crippen LogP contribution in [0.4, 0.5) is 4.39 Å². The fraction of sp³-hybridized carbons (Fsp3) is 0. The molecule has 1 aromatic carbocycles. The molecule has 0 atom stereocenters. The third kappa shape index (κ3) is 3.14. The number of carboxylic acid groups (broad SMARTS) is 1. The van der Waals surface area contributed by atoms with Crippen molar-refractivity contribution in [1.29, 1.82) is 0 Å². The van der Waals surface area contributed by atoms with Gasteiger partial charge in [-0.25, -0.2) is 9.18 Å². The lowest BCUT2D eigenvalue weighted by molar-refractivity contribution is -0.146. The second-order valence-electron chi connectivity index (χ2n) is 3.68. The summed E-state index contributed by atoms with van der Waals surface area (Å²) in [6, 6.07) is 9.82. The molecule has 0 unspecified atom stereocenters. The van der Waals surface area contributed by atoms with Crippen LogP contribution in [0.15, 0.2) is 42.5 Å². The Hall–Kier alpha value is -2.27. The van der Waals surface area contributed by atoms with Crippen molar-refractivity contribution < 1.29 is 19.1 Å². The number of carbonyl (C=O) groups is 2. The van der Waals surface area contributed by atoms with E-state index in [-0.39, 0.29) is 5.82 Å². The smallest absolute Gasteiger partial charge is 0.376 e. The predicted molar refractivity (Wildman–Crippen MR) is 71.4 cm³/mol. The summed E-state index contributed by atoms with van der Waals surface area (Å²) in [5, 5.41) is 8.43. The molecule has 1 aromatic heterocycles. The fourth-order valence-electron chi connectivity index (χ4n) is 1.48. The average Bonchev–Trinajstić information content (AvgIpc) is 2.85. The van der Waals surface area contributed by atoms with Gasteiger partial charge in [-0.05, 0) is 30.4 Å². The maximum atomic E-state index is 13.6. The molecule has 1 N–H and O–H groups in total. The Morgan fingerprint density at radius 1 is 1.16 bits per heavy atom. The first-order valence-electron chi connectivity index (χ1n) is 5.38. The van der Waals surface area contributed by atoms with E-state index in [4.69, 9.17) is 5.11 Å². The van der Waals surface area contributed by atoms with Crippen LogP contribution in [0.5, 0.6) is 0 Å². The third-order valence-electron chi connectivity index (χ3n) is 2.38. The van der Waals surface area contributed by atoms with Crippen LogP contribution < -0.4 is 0 Å². The highest BCUT2D eigenvalue weighted by Gasteiger charge is 2.08. The Morgan fingerprint density at radius 2 is 1.89 bits per heavy atom. The first-order chi connectivity index (χ1) is 9.08. The lowest BCUT2D eigenvalue weighted by atomic mass is 10.2. The number of ketones is 1. The predicted octanol–water partition coefficient (Wildman–Crippen LogP) is 3.22. The molecule has 19 heavy (non-hydrogen) atoms. The van der Waals surface area contributed by atoms with Crippen molar-refractivity contribution >= 4 is 29.2 Å². The third-order valence-corrected chi connectivity index (χ3v) is 3.46. The fourth-order valence-corrected chi connectivity index (χ4v) is 2.41. The SMILES string of the molecule is O=C(O)C(=O)/C=C/c1ccc(-c2ccccc2F)s1. The van der Waals surface area contributed by atoms with Crippen molar-refractivity contribution in [3.63, 3.8) is 0 Å². The van der Waals surface area contributed by atoms with Crippen LogP contribution in [0.1, 0.15) is 4.88 Å². The highest BCUT2D eigenvalue weighted by atomic mass is 32.1. The monoisotopic (exact) mass is 276 g/mol. The summed E-state index contributed by atoms with van der Waals surface area (Å²) >= 11 is 1.28. The maximum absolute atomic E-state index is 13.6. The van der Waals surface area contributed by atoms with Crippen LogP contribution in [-0.2, 0) is 9.59 Å². The Kier molecular flexibility index (Phi) is 3.87. The minimum atomic E-state index is -1.50. The summed E-state index contributed by atoms with van der Waals surface area (Å²) in [5.41, 5.74) is 0.483. The van der Waals surface area contributed by atoms with Crippen LogP contribution in [0.25, 0.3) is 16.5 Å². The Labute approximate surface area is 112 Å². The van der Waals surface area contributed by atoms with E-state index in [1.165, 1.54) is 23.5 Å². The number of carboxylic acids is 1. The van der Waals surface area contributed by atoms with Gasteiger partial charge < -0.3 is 5.11 Å². The molecule has 0 radical (unpaired) electrons. The van der Waals surface area contributed by atoms with Crippen LogP contribution in [0.2, 0.25) is 0 Å². The van der Waals surface area contributed by atoms with Crippen LogP contribution in [0.3, 0.4) is 0 Å². The number of benzene rings is 1. The molecule has 3 nitrogen and oxygen atoms in total. The van der Waals surface area contributed by atoms with E-state index in [1.807, 2.05) is 0 Å². The number of thiophene rings is 1. The molecule has 0 aliphatic carbocycles. The number of carbonyl (C=O) groups excluding carboxylic acids is 1. The van der Waals surface area contributed by atoms with Crippen LogP contribution in [0, 0.1) is 5.82 Å². The first-order valence-corrected chi connectivity index (χ1v) is 6.19. The lowest BCUT2D eigenvalue weighted by Crippen LogP contribution is -2.08. The number of hydrogen-bond donors (Lipinski definition) is 1. The molecular formula is C14H9FO3S. The summed E-state index contributed by atoms with van der Waals surface area (Å²) in [5.74, 6) is -2.80. The van der Waals surface area contributed by atoms with E-state index >= 15 is 0 Å². The zero-order chi connectivity index (χ0) is 13.8. The van der Waals surface area contributed by atoms with Gasteiger partial charge in [-0.1, -0.05) is 18.2 Å². The van der Waals surface area contributed by atoms with Crippen molar-refractivity contribution in [2.24, 2.45) is 0 Å². The minimum Gasteiger partial charge on any atom is -0.475 e. The van der Waals surface area contributed by atoms with Gasteiger partial charge in [-0.2, -0.15) is 0 Å². The topological polar surface area (TPSA) is 54.4 Å². The molecule has 96 valence electrons. The minimum absolute atomic E-state index is 0.318. The second kappa shape index (κ2) is 5.58. The van der Waals surface area contributed by atoms with Crippen molar-refractivity contribution in [2.45, 2.75) is 0 Å². The van der Waals surface area contributed by atoms with Gasteiger partial charge >= 0.3 is 5.97 Å². The quantitative estimate of drug-likeness (QED) is 0.689. The van der Waals surface area contributed by atoms with E-state index in [0.717, 1.165) is 11.0 Å². The number of aliphatic carboxylic acids is 1. The van der Waals surface area contributed by atoms with Gasteiger partial charge in [0.2, 0.25) is 0 Å². The summed E-state index contributed by atoms with van der Waals surface area (Å²) < 4.78 is 13.6. The highest BCUT2D eigenvalue weighted by molar-refractivity contribution is 7.16. The summed E-state index contributed by atoms with van der Waals surface area (Å²) in [6.45, 7) is 0. The van der Waals surface area contributed by atoms with Gasteiger partial charge in [-0.3, -0.25) is 4.79 Å². The zero-order valence-corrected chi connectivity index (χ0v) is 10.5. The molecule has 0 aliphatic rings. The van der Waals surface area contributed by atoms with Gasteiger partial charge in [0, 0.05) is 15.3 Å². The molecule has 2 aromatic rings. The van der Waals surface area contributed by atoms with Crippen LogP contribution in [-0.4, -0.2) is 16.9 Å². The number of halogens is 1. The molecule has 5 heteroatoms. The molecule has 0 spiro atoms. The molecule has 0 saturated heterocycles. The maximum Gasteiger partial charge on any atom is 0.376 e. The first kappa shape index (κ1) is 13.2. The molecule has 0 amide bonds.